The van der Waals surface area contributed by atoms with E-state index in [1.165, 1.54) is 0 Å². The molecule has 1 aliphatic heterocycles. The van der Waals surface area contributed by atoms with Crippen LogP contribution in [-0.4, -0.2) is 61.9 Å². The lowest BCUT2D eigenvalue weighted by molar-refractivity contribution is -0.0368. The van der Waals surface area contributed by atoms with E-state index in [9.17, 15) is 13.2 Å². The quantitative estimate of drug-likeness (QED) is 0.350. The number of aromatic amines is 1. The number of alkyl halides is 3. The highest BCUT2D eigenvalue weighted by atomic mass is 19.3. The molecule has 0 spiro atoms. The van der Waals surface area contributed by atoms with Crippen molar-refractivity contribution in [1.29, 1.82) is 0 Å². The summed E-state index contributed by atoms with van der Waals surface area (Å²) < 4.78 is 52.4. The van der Waals surface area contributed by atoms with E-state index in [0.29, 0.717) is 44.0 Å². The molecule has 2 heterocycles. The first kappa shape index (κ1) is 25.4. The maximum Gasteiger partial charge on any atom is 0.257 e. The van der Waals surface area contributed by atoms with Crippen LogP contribution in [0.15, 0.2) is 42.5 Å². The normalized spacial score (nSPS) is 18.6. The van der Waals surface area contributed by atoms with Crippen LogP contribution in [0.25, 0.3) is 10.9 Å². The molecule has 4 rings (SSSR count). The average Bonchev–Trinajstić information content (AvgIpc) is 3.19. The van der Waals surface area contributed by atoms with Crippen LogP contribution >= 0.6 is 0 Å². The standard InChI is InChI=1S/C27H34F3N3O2/c1-18-15-22-20-7-4-5-8-23(20)32-25(22)26(33(18)17-27(2,29)30)21-10-9-19(16-24(21)34-3)35-14-13-31-12-6-11-28/h4-5,7-10,16,18,26,31-32H,6,11-15,17H2,1-3H3/t18-,26-/m1/s1. The molecule has 1 aliphatic rings. The number of para-hydroxylation sites is 1. The van der Waals surface area contributed by atoms with Gasteiger partial charge in [-0.05, 0) is 50.1 Å². The fraction of sp³-hybridized carbons (Fsp3) is 0.481. The van der Waals surface area contributed by atoms with Gasteiger partial charge in [0.15, 0.2) is 0 Å². The maximum absolute atomic E-state index is 14.3. The van der Waals surface area contributed by atoms with E-state index in [0.717, 1.165) is 34.6 Å². The molecule has 2 aromatic carbocycles. The summed E-state index contributed by atoms with van der Waals surface area (Å²) in [7, 11) is 1.58. The molecule has 0 aliphatic carbocycles. The molecule has 0 amide bonds. The van der Waals surface area contributed by atoms with Crippen molar-refractivity contribution in [3.8, 4) is 11.5 Å². The van der Waals surface area contributed by atoms with Crippen LogP contribution in [-0.2, 0) is 6.42 Å². The summed E-state index contributed by atoms with van der Waals surface area (Å²) in [5.74, 6) is -1.63. The number of fused-ring (bicyclic) bond motifs is 3. The molecule has 8 heteroatoms. The Hall–Kier alpha value is -2.71. The molecule has 5 nitrogen and oxygen atoms in total. The van der Waals surface area contributed by atoms with Gasteiger partial charge in [-0.3, -0.25) is 9.29 Å². The van der Waals surface area contributed by atoms with Crippen LogP contribution < -0.4 is 14.8 Å². The lowest BCUT2D eigenvalue weighted by Crippen LogP contribution is -2.47. The number of rotatable bonds is 11. The summed E-state index contributed by atoms with van der Waals surface area (Å²) in [4.78, 5) is 5.38. The lowest BCUT2D eigenvalue weighted by Gasteiger charge is -2.42. The predicted octanol–water partition coefficient (Wildman–Crippen LogP) is 5.50. The number of hydrogen-bond donors (Lipinski definition) is 2. The average molecular weight is 490 g/mol. The van der Waals surface area contributed by atoms with Crippen molar-refractivity contribution in [2.24, 2.45) is 0 Å². The smallest absolute Gasteiger partial charge is 0.257 e. The molecule has 0 unspecified atom stereocenters. The zero-order valence-electron chi connectivity index (χ0n) is 20.5. The van der Waals surface area contributed by atoms with E-state index in [1.54, 1.807) is 13.2 Å². The number of nitrogens with one attached hydrogen (secondary N) is 2. The number of aromatic nitrogens is 1. The van der Waals surface area contributed by atoms with Gasteiger partial charge < -0.3 is 19.8 Å². The van der Waals surface area contributed by atoms with Crippen molar-refractivity contribution < 1.29 is 22.6 Å². The Bertz CT molecular complexity index is 1130. The van der Waals surface area contributed by atoms with Crippen LogP contribution in [0.2, 0.25) is 0 Å². The Labute approximate surface area is 204 Å². The van der Waals surface area contributed by atoms with Crippen LogP contribution in [0.4, 0.5) is 13.2 Å². The van der Waals surface area contributed by atoms with E-state index in [4.69, 9.17) is 9.47 Å². The van der Waals surface area contributed by atoms with Crippen LogP contribution in [0.5, 0.6) is 11.5 Å². The number of methoxy groups -OCH3 is 1. The maximum atomic E-state index is 14.3. The summed E-state index contributed by atoms with van der Waals surface area (Å²) in [6, 6.07) is 13.1. The van der Waals surface area contributed by atoms with Crippen molar-refractivity contribution >= 4 is 10.9 Å². The summed E-state index contributed by atoms with van der Waals surface area (Å²) in [6.45, 7) is 3.89. The molecule has 0 saturated heterocycles. The zero-order chi connectivity index (χ0) is 25.0. The van der Waals surface area contributed by atoms with Gasteiger partial charge in [0.25, 0.3) is 5.92 Å². The Kier molecular flexibility index (Phi) is 7.91. The zero-order valence-corrected chi connectivity index (χ0v) is 20.5. The third kappa shape index (κ3) is 5.76. The Morgan fingerprint density at radius 1 is 1.17 bits per heavy atom. The minimum Gasteiger partial charge on any atom is -0.496 e. The van der Waals surface area contributed by atoms with Gasteiger partial charge in [-0.15, -0.1) is 0 Å². The highest BCUT2D eigenvalue weighted by Gasteiger charge is 2.40. The van der Waals surface area contributed by atoms with E-state index in [1.807, 2.05) is 42.2 Å². The molecule has 1 aromatic heterocycles. The summed E-state index contributed by atoms with van der Waals surface area (Å²) >= 11 is 0. The van der Waals surface area contributed by atoms with Gasteiger partial charge in [-0.25, -0.2) is 8.78 Å². The Morgan fingerprint density at radius 2 is 1.97 bits per heavy atom. The molecule has 0 saturated carbocycles. The number of H-pyrrole nitrogens is 1. The predicted molar refractivity (Wildman–Crippen MR) is 133 cm³/mol. The fourth-order valence-corrected chi connectivity index (χ4v) is 4.97. The Morgan fingerprint density at radius 3 is 2.71 bits per heavy atom. The summed E-state index contributed by atoms with van der Waals surface area (Å²) in [5, 5.41) is 4.25. The van der Waals surface area contributed by atoms with Crippen LogP contribution in [0, 0.1) is 0 Å². The first-order chi connectivity index (χ1) is 16.8. The fourth-order valence-electron chi connectivity index (χ4n) is 4.97. The second kappa shape index (κ2) is 10.9. The SMILES string of the molecule is COc1cc(OCCNCCCF)ccc1[C@@H]1c2[nH]c3ccccc3c2C[C@@H](C)N1CC(C)(F)F. The van der Waals surface area contributed by atoms with Crippen molar-refractivity contribution in [3.05, 3.63) is 59.3 Å². The molecular weight excluding hydrogens is 455 g/mol. The number of ether oxygens (including phenoxy) is 2. The topological polar surface area (TPSA) is 49.5 Å². The van der Waals surface area contributed by atoms with Gasteiger partial charge in [0.1, 0.15) is 18.1 Å². The molecule has 0 radical (unpaired) electrons. The van der Waals surface area contributed by atoms with E-state index in [-0.39, 0.29) is 19.3 Å². The second-order valence-electron chi connectivity index (χ2n) is 9.31. The minimum absolute atomic E-state index is 0.0893. The molecule has 0 fully saturated rings. The monoisotopic (exact) mass is 489 g/mol. The molecule has 0 bridgehead atoms. The summed E-state index contributed by atoms with van der Waals surface area (Å²) in [5.41, 5.74) is 3.90. The van der Waals surface area contributed by atoms with Crippen LogP contribution in [0.3, 0.4) is 0 Å². The second-order valence-corrected chi connectivity index (χ2v) is 9.31. The summed E-state index contributed by atoms with van der Waals surface area (Å²) in [6.07, 6.45) is 1.16. The van der Waals surface area contributed by atoms with Gasteiger partial charge in [-0.2, -0.15) is 0 Å². The van der Waals surface area contributed by atoms with Gasteiger partial charge in [0.05, 0.1) is 26.4 Å². The van der Waals surface area contributed by atoms with Gasteiger partial charge in [-0.1, -0.05) is 18.2 Å². The van der Waals surface area contributed by atoms with E-state index >= 15 is 0 Å². The van der Waals surface area contributed by atoms with E-state index in [2.05, 4.69) is 16.4 Å². The number of halogens is 3. The lowest BCUT2D eigenvalue weighted by atomic mass is 9.88. The molecule has 190 valence electrons. The highest BCUT2D eigenvalue weighted by molar-refractivity contribution is 5.85. The van der Waals surface area contributed by atoms with Gasteiger partial charge >= 0.3 is 0 Å². The van der Waals surface area contributed by atoms with Crippen molar-refractivity contribution in [2.45, 2.75) is 44.7 Å². The molecular formula is C27H34F3N3O2. The first-order valence-electron chi connectivity index (χ1n) is 12.1. The molecule has 3 aromatic rings. The van der Waals surface area contributed by atoms with Crippen LogP contribution in [0.1, 0.15) is 43.1 Å². The van der Waals surface area contributed by atoms with Crippen molar-refractivity contribution in [3.63, 3.8) is 0 Å². The van der Waals surface area contributed by atoms with Gasteiger partial charge in [0, 0.05) is 47.7 Å². The number of hydrogen-bond acceptors (Lipinski definition) is 4. The van der Waals surface area contributed by atoms with E-state index < -0.39 is 12.0 Å². The third-order valence-corrected chi connectivity index (χ3v) is 6.51. The number of benzene rings is 2. The van der Waals surface area contributed by atoms with Gasteiger partial charge in [0.2, 0.25) is 0 Å². The Balaban J connectivity index is 1.68. The van der Waals surface area contributed by atoms with Crippen molar-refractivity contribution in [1.82, 2.24) is 15.2 Å². The largest absolute Gasteiger partial charge is 0.496 e. The molecule has 2 atom stereocenters. The first-order valence-corrected chi connectivity index (χ1v) is 12.1. The molecule has 2 N–H and O–H groups in total. The van der Waals surface area contributed by atoms with Crippen molar-refractivity contribution in [2.75, 3.05) is 40.0 Å². The third-order valence-electron chi connectivity index (χ3n) is 6.51. The minimum atomic E-state index is -2.85. The number of nitrogens with zero attached hydrogens (tertiary/aromatic N) is 1. The highest BCUT2D eigenvalue weighted by Crippen LogP contribution is 2.45. The molecule has 35 heavy (non-hydrogen) atoms.